The average Bonchev–Trinajstić information content (AvgIpc) is 2.96. The van der Waals surface area contributed by atoms with Crippen LogP contribution in [0, 0.1) is 17.6 Å². The van der Waals surface area contributed by atoms with Gasteiger partial charge in [0.1, 0.15) is 5.75 Å². The van der Waals surface area contributed by atoms with Gasteiger partial charge in [-0.3, -0.25) is 9.59 Å². The van der Waals surface area contributed by atoms with E-state index in [0.29, 0.717) is 23.7 Å². The van der Waals surface area contributed by atoms with Crippen LogP contribution in [0.5, 0.6) is 17.5 Å². The third-order valence-corrected chi connectivity index (χ3v) is 6.21. The number of methoxy groups -OCH3 is 1. The Morgan fingerprint density at radius 1 is 1.00 bits per heavy atom. The first kappa shape index (κ1) is 31.9. The van der Waals surface area contributed by atoms with Gasteiger partial charge in [-0.25, -0.2) is 13.6 Å². The van der Waals surface area contributed by atoms with Gasteiger partial charge in [0.15, 0.2) is 17.7 Å². The number of carbonyl (C=O) groups excluding carboxylic acids is 2. The molecule has 3 rings (SSSR count). The molecule has 0 aliphatic carbocycles. The minimum atomic E-state index is -1.39. The lowest BCUT2D eigenvalue weighted by molar-refractivity contribution is -0.145. The van der Waals surface area contributed by atoms with Gasteiger partial charge in [-0.05, 0) is 58.9 Å². The number of aliphatic carboxylic acids is 1. The van der Waals surface area contributed by atoms with Crippen LogP contribution in [0.3, 0.4) is 0 Å². The fraction of sp³-hybridized carbons (Fsp3) is 0.333. The monoisotopic (exact) mass is 585 g/mol. The highest BCUT2D eigenvalue weighted by molar-refractivity contribution is 5.77. The molecule has 1 unspecified atom stereocenters. The number of halogens is 2. The smallest absolute Gasteiger partial charge is 0.344 e. The fourth-order valence-corrected chi connectivity index (χ4v) is 4.04. The van der Waals surface area contributed by atoms with Gasteiger partial charge in [-0.15, -0.1) is 0 Å². The summed E-state index contributed by atoms with van der Waals surface area (Å²) in [4.78, 5) is 39.1. The highest BCUT2D eigenvalue weighted by atomic mass is 19.1. The number of pyridine rings is 1. The molecule has 0 bridgehead atoms. The van der Waals surface area contributed by atoms with Crippen molar-refractivity contribution in [3.8, 4) is 28.6 Å². The fourth-order valence-electron chi connectivity index (χ4n) is 4.04. The molecule has 4 N–H and O–H groups in total. The van der Waals surface area contributed by atoms with Gasteiger partial charge in [-0.1, -0.05) is 32.0 Å². The molecule has 3 aromatic rings. The van der Waals surface area contributed by atoms with Gasteiger partial charge in [0.25, 0.3) is 11.8 Å². The van der Waals surface area contributed by atoms with Gasteiger partial charge >= 0.3 is 11.9 Å². The van der Waals surface area contributed by atoms with E-state index >= 15 is 0 Å². The van der Waals surface area contributed by atoms with E-state index in [0.717, 1.165) is 11.1 Å². The van der Waals surface area contributed by atoms with Crippen molar-refractivity contribution in [3.05, 3.63) is 71.3 Å². The molecule has 42 heavy (non-hydrogen) atoms. The summed E-state index contributed by atoms with van der Waals surface area (Å²) >= 11 is 0. The predicted octanol–water partition coefficient (Wildman–Crippen LogP) is 4.73. The first-order chi connectivity index (χ1) is 20.0. The van der Waals surface area contributed by atoms with Crippen molar-refractivity contribution in [3.63, 3.8) is 0 Å². The Bertz CT molecular complexity index is 1430. The summed E-state index contributed by atoms with van der Waals surface area (Å²) < 4.78 is 44.5. The van der Waals surface area contributed by atoms with Crippen LogP contribution in [0.2, 0.25) is 0 Å². The third kappa shape index (κ3) is 8.96. The molecule has 0 saturated heterocycles. The summed E-state index contributed by atoms with van der Waals surface area (Å²) in [6.07, 6.45) is -1.18. The average molecular weight is 586 g/mol. The minimum absolute atomic E-state index is 0.0183. The van der Waals surface area contributed by atoms with E-state index in [-0.39, 0.29) is 43.4 Å². The van der Waals surface area contributed by atoms with E-state index in [4.69, 9.17) is 15.2 Å². The standard InChI is InChI=1S/C30H33F2N3O7/c1-4-25(30(38)39)42-29-24(32)14-23(31)28(35-29)41-22-12-19(16-34-26(36)8-17(2)9-27(37)40-3)11-21(13-22)20-7-5-6-18(10-20)15-33/h5-7,10-14,17,25H,4,8-9,15-16,33H2,1-3H3,(H,34,36)(H,38,39)/t17-,25?/m1/s1. The highest BCUT2D eigenvalue weighted by Gasteiger charge is 2.23. The van der Waals surface area contributed by atoms with Crippen molar-refractivity contribution in [1.29, 1.82) is 0 Å². The van der Waals surface area contributed by atoms with Crippen molar-refractivity contribution in [1.82, 2.24) is 10.3 Å². The maximum Gasteiger partial charge on any atom is 0.344 e. The number of nitrogens with zero attached hydrogens (tertiary/aromatic N) is 1. The van der Waals surface area contributed by atoms with E-state index < -0.39 is 41.4 Å². The number of aromatic nitrogens is 1. The van der Waals surface area contributed by atoms with E-state index in [1.54, 1.807) is 19.1 Å². The van der Waals surface area contributed by atoms with Crippen LogP contribution < -0.4 is 20.5 Å². The van der Waals surface area contributed by atoms with Crippen LogP contribution in [0.15, 0.2) is 48.5 Å². The number of ether oxygens (including phenoxy) is 3. The number of carboxylic acids is 1. The van der Waals surface area contributed by atoms with Crippen molar-refractivity contribution in [2.75, 3.05) is 7.11 Å². The molecule has 0 fully saturated rings. The van der Waals surface area contributed by atoms with Crippen LogP contribution in [-0.2, 0) is 32.2 Å². The lowest BCUT2D eigenvalue weighted by Crippen LogP contribution is -2.26. The Hall–Kier alpha value is -4.58. The van der Waals surface area contributed by atoms with Crippen LogP contribution in [0.25, 0.3) is 11.1 Å². The third-order valence-electron chi connectivity index (χ3n) is 6.21. The number of nitrogens with two attached hydrogens (primary N) is 1. The Morgan fingerprint density at radius 3 is 2.38 bits per heavy atom. The Labute approximate surface area is 241 Å². The molecular weight excluding hydrogens is 552 g/mol. The number of benzene rings is 2. The zero-order valence-corrected chi connectivity index (χ0v) is 23.5. The highest BCUT2D eigenvalue weighted by Crippen LogP contribution is 2.32. The van der Waals surface area contributed by atoms with Crippen molar-refractivity contribution < 1.29 is 42.5 Å². The zero-order valence-electron chi connectivity index (χ0n) is 23.5. The molecule has 1 amide bonds. The SMILES string of the molecule is CCC(Oc1nc(Oc2cc(CNC(=O)C[C@@H](C)CC(=O)OC)cc(-c3cccc(CN)c3)c2)c(F)cc1F)C(=O)O. The first-order valence-electron chi connectivity index (χ1n) is 13.2. The summed E-state index contributed by atoms with van der Waals surface area (Å²) in [6.45, 7) is 3.67. The second-order valence-corrected chi connectivity index (χ2v) is 9.65. The summed E-state index contributed by atoms with van der Waals surface area (Å²) in [5.74, 6) is -5.82. The molecule has 0 radical (unpaired) electrons. The van der Waals surface area contributed by atoms with E-state index in [2.05, 4.69) is 15.0 Å². The molecule has 224 valence electrons. The van der Waals surface area contributed by atoms with Crippen LogP contribution in [0.4, 0.5) is 8.78 Å². The van der Waals surface area contributed by atoms with E-state index in [1.807, 2.05) is 30.3 Å². The molecule has 0 aliphatic rings. The van der Waals surface area contributed by atoms with Crippen LogP contribution in [-0.4, -0.2) is 41.2 Å². The number of nitrogens with one attached hydrogen (secondary N) is 1. The van der Waals surface area contributed by atoms with Crippen LogP contribution in [0.1, 0.15) is 44.2 Å². The number of carboxylic acid groups (broad SMARTS) is 1. The number of carbonyl (C=O) groups is 3. The summed E-state index contributed by atoms with van der Waals surface area (Å²) in [6, 6.07) is 12.9. The first-order valence-corrected chi connectivity index (χ1v) is 13.2. The van der Waals surface area contributed by atoms with Gasteiger partial charge in [0, 0.05) is 32.0 Å². The van der Waals surface area contributed by atoms with E-state index in [1.165, 1.54) is 14.0 Å². The Kier molecular flexibility index (Phi) is 11.3. The lowest BCUT2D eigenvalue weighted by Gasteiger charge is -2.15. The second kappa shape index (κ2) is 14.9. The lowest BCUT2D eigenvalue weighted by atomic mass is 10.00. The number of rotatable bonds is 14. The quantitative estimate of drug-likeness (QED) is 0.228. The van der Waals surface area contributed by atoms with Gasteiger partial charge < -0.3 is 30.4 Å². The number of hydrogen-bond donors (Lipinski definition) is 3. The van der Waals surface area contributed by atoms with Crippen molar-refractivity contribution in [2.45, 2.75) is 52.3 Å². The number of amides is 1. The molecule has 2 aromatic carbocycles. The second-order valence-electron chi connectivity index (χ2n) is 9.65. The molecule has 1 heterocycles. The molecule has 0 aliphatic heterocycles. The van der Waals surface area contributed by atoms with Crippen molar-refractivity contribution in [2.24, 2.45) is 11.7 Å². The normalized spacial score (nSPS) is 12.2. The maximum absolute atomic E-state index is 14.7. The Balaban J connectivity index is 1.91. The number of esters is 1. The van der Waals surface area contributed by atoms with Gasteiger partial charge in [-0.2, -0.15) is 4.98 Å². The summed E-state index contributed by atoms with van der Waals surface area (Å²) in [7, 11) is 1.28. The predicted molar refractivity (Wildman–Crippen MR) is 149 cm³/mol. The molecule has 0 spiro atoms. The molecule has 12 heteroatoms. The topological polar surface area (TPSA) is 150 Å². The van der Waals surface area contributed by atoms with E-state index in [9.17, 15) is 28.3 Å². The van der Waals surface area contributed by atoms with Crippen LogP contribution >= 0.6 is 0 Å². The largest absolute Gasteiger partial charge is 0.479 e. The maximum atomic E-state index is 14.7. The molecule has 1 aromatic heterocycles. The number of hydrogen-bond acceptors (Lipinski definition) is 8. The minimum Gasteiger partial charge on any atom is -0.479 e. The van der Waals surface area contributed by atoms with Gasteiger partial charge in [0.05, 0.1) is 7.11 Å². The van der Waals surface area contributed by atoms with Gasteiger partial charge in [0.2, 0.25) is 5.91 Å². The summed E-state index contributed by atoms with van der Waals surface area (Å²) in [5, 5.41) is 12.0. The molecular formula is C30H33F2N3O7. The zero-order chi connectivity index (χ0) is 30.8. The molecule has 2 atom stereocenters. The molecule has 10 nitrogen and oxygen atoms in total. The van der Waals surface area contributed by atoms with Crippen molar-refractivity contribution >= 4 is 17.8 Å². The molecule has 0 saturated carbocycles. The summed E-state index contributed by atoms with van der Waals surface area (Å²) in [5.41, 5.74) is 8.67. The Morgan fingerprint density at radius 2 is 1.71 bits per heavy atom.